The Labute approximate surface area is 37.1 Å². The van der Waals surface area contributed by atoms with Crippen LogP contribution in [-0.4, -0.2) is 12.8 Å². The topological polar surface area (TPSA) is 36.1 Å². The van der Waals surface area contributed by atoms with E-state index in [0.717, 1.165) is 0 Å². The van der Waals surface area contributed by atoms with Gasteiger partial charge in [-0.1, -0.05) is 0 Å². The van der Waals surface area contributed by atoms with Gasteiger partial charge in [0.05, 0.1) is 0 Å². The van der Waals surface area contributed by atoms with Gasteiger partial charge in [0.25, 0.3) is 0 Å². The fourth-order valence-corrected chi connectivity index (χ4v) is 0.0500. The molecule has 0 radical (unpaired) electrons. The van der Waals surface area contributed by atoms with Crippen molar-refractivity contribution in [3.8, 4) is 6.07 Å². The molecule has 2 nitrogen and oxygen atoms in total. The quantitative estimate of drug-likeness (QED) is 0.394. The highest BCUT2D eigenvalue weighted by molar-refractivity contribution is 5.96. The summed E-state index contributed by atoms with van der Waals surface area (Å²) in [6, 6.07) is 1.86. The lowest BCUT2D eigenvalue weighted by molar-refractivity contribution is 1.42. The molecule has 0 spiro atoms. The Morgan fingerprint density at radius 2 is 2.33 bits per heavy atom. The largest absolute Gasteiger partial charge is 0.282 e. The Balaban J connectivity index is 3.61. The maximum atomic E-state index is 7.95. The van der Waals surface area contributed by atoms with E-state index in [9.17, 15) is 0 Å². The molecule has 0 aromatic heterocycles. The first-order valence-corrected chi connectivity index (χ1v) is 1.64. The highest BCUT2D eigenvalue weighted by Crippen LogP contribution is 1.64. The maximum Gasteiger partial charge on any atom is 0.114 e. The van der Waals surface area contributed by atoms with Gasteiger partial charge in [-0.3, -0.25) is 4.99 Å². The van der Waals surface area contributed by atoms with Crippen LogP contribution in [0.1, 0.15) is 6.92 Å². The van der Waals surface area contributed by atoms with Crippen molar-refractivity contribution in [3.05, 3.63) is 0 Å². The summed E-state index contributed by atoms with van der Waals surface area (Å²) in [5, 5.41) is 7.95. The van der Waals surface area contributed by atoms with Crippen molar-refractivity contribution >= 4 is 5.71 Å². The monoisotopic (exact) mass is 82.1 g/mol. The molecular weight excluding hydrogens is 76.1 g/mol. The number of nitriles is 1. The molecule has 0 heterocycles. The van der Waals surface area contributed by atoms with Crippen LogP contribution >= 0.6 is 0 Å². The van der Waals surface area contributed by atoms with Crippen LogP contribution in [0.15, 0.2) is 4.99 Å². The van der Waals surface area contributed by atoms with Crippen LogP contribution < -0.4 is 0 Å². The second kappa shape index (κ2) is 2.40. The summed E-state index contributed by atoms with van der Waals surface area (Å²) in [7, 11) is 1.60. The molecule has 0 atom stereocenters. The minimum Gasteiger partial charge on any atom is -0.282 e. The third-order valence-electron chi connectivity index (χ3n) is 0.497. The van der Waals surface area contributed by atoms with E-state index in [4.69, 9.17) is 5.26 Å². The molecule has 0 aliphatic heterocycles. The molecule has 0 amide bonds. The van der Waals surface area contributed by atoms with Crippen LogP contribution in [0.4, 0.5) is 0 Å². The zero-order chi connectivity index (χ0) is 4.99. The van der Waals surface area contributed by atoms with E-state index < -0.39 is 0 Å². The summed E-state index contributed by atoms with van der Waals surface area (Å²) in [4.78, 5) is 3.56. The predicted molar refractivity (Wildman–Crippen MR) is 24.6 cm³/mol. The van der Waals surface area contributed by atoms with Crippen molar-refractivity contribution in [2.75, 3.05) is 7.05 Å². The van der Waals surface area contributed by atoms with Crippen LogP contribution in [-0.2, 0) is 0 Å². The average molecular weight is 82.1 g/mol. The van der Waals surface area contributed by atoms with Gasteiger partial charge in [-0.15, -0.1) is 0 Å². The van der Waals surface area contributed by atoms with Crippen molar-refractivity contribution in [3.63, 3.8) is 0 Å². The van der Waals surface area contributed by atoms with Gasteiger partial charge in [-0.05, 0) is 6.92 Å². The Kier molecular flexibility index (Phi) is 2.06. The first kappa shape index (κ1) is 5.16. The van der Waals surface area contributed by atoms with Gasteiger partial charge in [0, 0.05) is 7.05 Å². The standard InChI is InChI=1S/C4H6N2/c1-4(3-5)6-2/h1-2H3/b6-4-. The second-order valence-electron chi connectivity index (χ2n) is 0.921. The molecule has 0 aliphatic carbocycles. The van der Waals surface area contributed by atoms with Gasteiger partial charge < -0.3 is 0 Å². The van der Waals surface area contributed by atoms with E-state index in [1.807, 2.05) is 6.07 Å². The van der Waals surface area contributed by atoms with Crippen molar-refractivity contribution in [1.29, 1.82) is 5.26 Å². The molecule has 0 N–H and O–H groups in total. The molecule has 6 heavy (non-hydrogen) atoms. The molecule has 0 aromatic carbocycles. The number of aliphatic imine (C=N–C) groups is 1. The smallest absolute Gasteiger partial charge is 0.114 e. The summed E-state index contributed by atoms with van der Waals surface area (Å²) in [6.45, 7) is 1.67. The van der Waals surface area contributed by atoms with Gasteiger partial charge in [0.1, 0.15) is 11.8 Å². The molecule has 0 saturated heterocycles. The molecular formula is C4H6N2. The Morgan fingerprint density at radius 3 is 2.33 bits per heavy atom. The lowest BCUT2D eigenvalue weighted by Crippen LogP contribution is -1.79. The van der Waals surface area contributed by atoms with Crippen molar-refractivity contribution in [1.82, 2.24) is 0 Å². The maximum absolute atomic E-state index is 7.95. The molecule has 0 bridgehead atoms. The number of hydrogen-bond acceptors (Lipinski definition) is 2. The van der Waals surface area contributed by atoms with Gasteiger partial charge in [0.2, 0.25) is 0 Å². The summed E-state index contributed by atoms with van der Waals surface area (Å²) in [5.74, 6) is 0. The third kappa shape index (κ3) is 1.48. The van der Waals surface area contributed by atoms with E-state index in [0.29, 0.717) is 5.71 Å². The van der Waals surface area contributed by atoms with Crippen molar-refractivity contribution in [2.24, 2.45) is 4.99 Å². The van der Waals surface area contributed by atoms with Crippen molar-refractivity contribution in [2.45, 2.75) is 6.92 Å². The summed E-state index contributed by atoms with van der Waals surface area (Å²) < 4.78 is 0. The molecule has 2 heteroatoms. The molecule has 0 aliphatic rings. The fraction of sp³-hybridized carbons (Fsp3) is 0.500. The SMILES string of the molecule is C/N=C(/C)C#N. The minimum absolute atomic E-state index is 0.523. The highest BCUT2D eigenvalue weighted by Gasteiger charge is 1.73. The van der Waals surface area contributed by atoms with Crippen LogP contribution in [0.25, 0.3) is 0 Å². The van der Waals surface area contributed by atoms with Gasteiger partial charge in [0.15, 0.2) is 0 Å². The number of hydrogen-bond donors (Lipinski definition) is 0. The van der Waals surface area contributed by atoms with E-state index >= 15 is 0 Å². The van der Waals surface area contributed by atoms with Crippen LogP contribution in [0.5, 0.6) is 0 Å². The van der Waals surface area contributed by atoms with E-state index in [1.54, 1.807) is 14.0 Å². The average Bonchev–Trinajstić information content (AvgIpc) is 1.65. The first-order valence-electron chi connectivity index (χ1n) is 1.64. The molecule has 0 unspecified atom stereocenters. The normalized spacial score (nSPS) is 10.5. The summed E-state index contributed by atoms with van der Waals surface area (Å²) in [5.41, 5.74) is 0.523. The zero-order valence-corrected chi connectivity index (χ0v) is 3.89. The Hall–Kier alpha value is -0.840. The lowest BCUT2D eigenvalue weighted by Gasteiger charge is -1.70. The molecule has 0 saturated carbocycles. The van der Waals surface area contributed by atoms with Crippen molar-refractivity contribution < 1.29 is 0 Å². The molecule has 0 rings (SSSR count). The van der Waals surface area contributed by atoms with Crippen LogP contribution in [0, 0.1) is 11.3 Å². The third-order valence-corrected chi connectivity index (χ3v) is 0.497. The Bertz CT molecular complexity index is 96.6. The predicted octanol–water partition coefficient (Wildman–Crippen LogP) is 0.601. The highest BCUT2D eigenvalue weighted by atomic mass is 14.7. The number of rotatable bonds is 0. The van der Waals surface area contributed by atoms with Gasteiger partial charge >= 0.3 is 0 Å². The van der Waals surface area contributed by atoms with Crippen LogP contribution in [0.3, 0.4) is 0 Å². The summed E-state index contributed by atoms with van der Waals surface area (Å²) in [6.07, 6.45) is 0. The molecule has 0 aromatic rings. The first-order chi connectivity index (χ1) is 2.81. The molecule has 0 fully saturated rings. The Morgan fingerprint density at radius 1 is 1.83 bits per heavy atom. The minimum atomic E-state index is 0.523. The van der Waals surface area contributed by atoms with E-state index in [-0.39, 0.29) is 0 Å². The van der Waals surface area contributed by atoms with Crippen LogP contribution in [0.2, 0.25) is 0 Å². The fourth-order valence-electron chi connectivity index (χ4n) is 0.0500. The lowest BCUT2D eigenvalue weighted by atomic mass is 10.5. The van der Waals surface area contributed by atoms with E-state index in [1.165, 1.54) is 0 Å². The van der Waals surface area contributed by atoms with Gasteiger partial charge in [-0.25, -0.2) is 0 Å². The zero-order valence-electron chi connectivity index (χ0n) is 3.89. The van der Waals surface area contributed by atoms with Gasteiger partial charge in [-0.2, -0.15) is 5.26 Å². The van der Waals surface area contributed by atoms with E-state index in [2.05, 4.69) is 4.99 Å². The molecule has 32 valence electrons. The number of nitrogens with zero attached hydrogens (tertiary/aromatic N) is 2. The second-order valence-corrected chi connectivity index (χ2v) is 0.921. The summed E-state index contributed by atoms with van der Waals surface area (Å²) >= 11 is 0.